The summed E-state index contributed by atoms with van der Waals surface area (Å²) in [6.45, 7) is 0. The van der Waals surface area contributed by atoms with Crippen LogP contribution in [0.4, 0.5) is 0 Å². The van der Waals surface area contributed by atoms with Gasteiger partial charge in [0.05, 0.1) is 10.1 Å². The van der Waals surface area contributed by atoms with E-state index in [-0.39, 0.29) is 0 Å². The lowest BCUT2D eigenvalue weighted by atomic mass is 10.3. The third-order valence-corrected chi connectivity index (χ3v) is 4.80. The van der Waals surface area contributed by atoms with Crippen LogP contribution in [-0.4, -0.2) is 11.5 Å². The minimum atomic E-state index is 1.07. The van der Waals surface area contributed by atoms with Crippen molar-refractivity contribution in [3.05, 3.63) is 46.8 Å². The van der Waals surface area contributed by atoms with Crippen molar-refractivity contribution in [1.29, 1.82) is 0 Å². The van der Waals surface area contributed by atoms with Crippen molar-refractivity contribution in [1.82, 2.24) is 10.6 Å². The number of rotatable bonds is 7. The average Bonchev–Trinajstić information content (AvgIpc) is 2.45. The Hall–Kier alpha value is -0.740. The smallest absolute Gasteiger partial charge is 0.0683 e. The minimum Gasteiger partial charge on any atom is -0.357 e. The molecule has 4 heteroatoms. The van der Waals surface area contributed by atoms with Gasteiger partial charge in [0, 0.05) is 0 Å². The number of nitrogens with one attached hydrogen (secondary N) is 2. The predicted molar refractivity (Wildman–Crippen MR) is 84.1 cm³/mol. The van der Waals surface area contributed by atoms with E-state index in [4.69, 9.17) is 0 Å². The van der Waals surface area contributed by atoms with Crippen LogP contribution in [0.1, 0.15) is 25.7 Å². The summed E-state index contributed by atoms with van der Waals surface area (Å²) in [6.07, 6.45) is 17.6. The summed E-state index contributed by atoms with van der Waals surface area (Å²) in [5.41, 5.74) is 0. The molecule has 98 valence electrons. The lowest BCUT2D eigenvalue weighted by Crippen LogP contribution is -2.05. The zero-order valence-electron chi connectivity index (χ0n) is 10.5. The van der Waals surface area contributed by atoms with Crippen LogP contribution >= 0.6 is 23.5 Å². The molecule has 2 nitrogen and oxygen atoms in total. The van der Waals surface area contributed by atoms with Gasteiger partial charge in [0.25, 0.3) is 0 Å². The van der Waals surface area contributed by atoms with Crippen LogP contribution < -0.4 is 10.6 Å². The van der Waals surface area contributed by atoms with Gasteiger partial charge in [-0.1, -0.05) is 24.3 Å². The van der Waals surface area contributed by atoms with Crippen LogP contribution in [0.25, 0.3) is 0 Å². The largest absolute Gasteiger partial charge is 0.357 e. The van der Waals surface area contributed by atoms with E-state index in [1.807, 2.05) is 35.9 Å². The minimum absolute atomic E-state index is 1.07. The number of hydrogen-bond acceptors (Lipinski definition) is 4. The van der Waals surface area contributed by atoms with Gasteiger partial charge in [-0.05, 0) is 49.6 Å². The Balaban J connectivity index is 1.46. The quantitative estimate of drug-likeness (QED) is 0.690. The van der Waals surface area contributed by atoms with E-state index < -0.39 is 0 Å². The van der Waals surface area contributed by atoms with E-state index >= 15 is 0 Å². The Bertz CT molecular complexity index is 334. The number of thioether (sulfide) groups is 2. The third-order valence-electron chi connectivity index (χ3n) is 2.62. The highest BCUT2D eigenvalue weighted by Gasteiger charge is 2.00. The molecule has 0 atom stereocenters. The Morgan fingerprint density at radius 2 is 1.33 bits per heavy atom. The second-order valence-corrected chi connectivity index (χ2v) is 6.38. The van der Waals surface area contributed by atoms with Crippen molar-refractivity contribution in [2.75, 3.05) is 11.5 Å². The molecule has 0 unspecified atom stereocenters. The first-order valence-electron chi connectivity index (χ1n) is 6.44. The van der Waals surface area contributed by atoms with Crippen LogP contribution in [0.5, 0.6) is 0 Å². The van der Waals surface area contributed by atoms with Gasteiger partial charge in [-0.2, -0.15) is 0 Å². The van der Waals surface area contributed by atoms with Crippen molar-refractivity contribution in [3.8, 4) is 0 Å². The molecule has 2 aliphatic rings. The lowest BCUT2D eigenvalue weighted by molar-refractivity contribution is 0.906. The van der Waals surface area contributed by atoms with Crippen LogP contribution in [0, 0.1) is 0 Å². The molecule has 0 aromatic heterocycles. The van der Waals surface area contributed by atoms with Gasteiger partial charge in [0.15, 0.2) is 0 Å². The summed E-state index contributed by atoms with van der Waals surface area (Å²) in [5, 5.41) is 9.17. The molecule has 0 fully saturated rings. The second-order valence-electron chi connectivity index (χ2n) is 4.11. The van der Waals surface area contributed by atoms with Crippen LogP contribution in [0.2, 0.25) is 0 Å². The fraction of sp³-hybridized carbons (Fsp3) is 0.429. The first kappa shape index (κ1) is 13.7. The van der Waals surface area contributed by atoms with Crippen molar-refractivity contribution in [2.24, 2.45) is 0 Å². The summed E-state index contributed by atoms with van der Waals surface area (Å²) in [4.78, 5) is 0. The zero-order valence-corrected chi connectivity index (χ0v) is 12.2. The molecule has 0 radical (unpaired) electrons. The van der Waals surface area contributed by atoms with E-state index in [1.165, 1.54) is 34.4 Å². The molecule has 18 heavy (non-hydrogen) atoms. The fourth-order valence-corrected chi connectivity index (χ4v) is 3.52. The molecule has 2 N–H and O–H groups in total. The molecular formula is C14H20N2S2. The van der Waals surface area contributed by atoms with Crippen molar-refractivity contribution in [3.63, 3.8) is 0 Å². The van der Waals surface area contributed by atoms with E-state index in [0.717, 1.165) is 12.8 Å². The molecular weight excluding hydrogens is 260 g/mol. The fourth-order valence-electron chi connectivity index (χ4n) is 1.66. The maximum Gasteiger partial charge on any atom is 0.0683 e. The molecule has 0 aromatic rings. The lowest BCUT2D eigenvalue weighted by Gasteiger charge is -2.11. The topological polar surface area (TPSA) is 24.1 Å². The van der Waals surface area contributed by atoms with Gasteiger partial charge >= 0.3 is 0 Å². The van der Waals surface area contributed by atoms with Gasteiger partial charge in [-0.15, -0.1) is 23.5 Å². The van der Waals surface area contributed by atoms with E-state index in [1.54, 1.807) is 0 Å². The molecule has 0 saturated heterocycles. The van der Waals surface area contributed by atoms with Crippen molar-refractivity contribution in [2.45, 2.75) is 25.7 Å². The van der Waals surface area contributed by atoms with Gasteiger partial charge in [-0.3, -0.25) is 0 Å². The average molecular weight is 280 g/mol. The normalized spacial score (nSPS) is 17.8. The van der Waals surface area contributed by atoms with Crippen molar-refractivity contribution < 1.29 is 0 Å². The molecule has 0 aliphatic carbocycles. The summed E-state index contributed by atoms with van der Waals surface area (Å²) in [6, 6.07) is 0. The summed E-state index contributed by atoms with van der Waals surface area (Å²) in [7, 11) is 0. The molecule has 2 aliphatic heterocycles. The zero-order chi connectivity index (χ0) is 12.5. The number of unbranched alkanes of at least 4 members (excludes halogenated alkanes) is 1. The van der Waals surface area contributed by atoms with E-state index in [0.29, 0.717) is 0 Å². The summed E-state index contributed by atoms with van der Waals surface area (Å²) in [5.74, 6) is 2.42. The maximum absolute atomic E-state index is 3.27. The Morgan fingerprint density at radius 3 is 1.72 bits per heavy atom. The Kier molecular flexibility index (Phi) is 6.37. The van der Waals surface area contributed by atoms with Crippen LogP contribution in [0.3, 0.4) is 0 Å². The summed E-state index contributed by atoms with van der Waals surface area (Å²) >= 11 is 3.86. The standard InChI is InChI=1S/C14H20N2S2/c1-3-9-15-13(7-1)17-11-5-6-12-18-14-8-2-4-10-16-14/h3-4,7-10,15-16H,1-2,5-6,11-12H2. The van der Waals surface area contributed by atoms with E-state index in [9.17, 15) is 0 Å². The van der Waals surface area contributed by atoms with Gasteiger partial charge in [0.1, 0.15) is 0 Å². The molecule has 0 bridgehead atoms. The van der Waals surface area contributed by atoms with Crippen LogP contribution in [-0.2, 0) is 0 Å². The number of hydrogen-bond donors (Lipinski definition) is 2. The van der Waals surface area contributed by atoms with E-state index in [2.05, 4.69) is 34.9 Å². The number of allylic oxidation sites excluding steroid dienone is 4. The SMILES string of the molecule is C1=CNC(SCCCCSC2=CCC=CN2)=CC1. The van der Waals surface area contributed by atoms with Gasteiger partial charge in [0.2, 0.25) is 0 Å². The highest BCUT2D eigenvalue weighted by molar-refractivity contribution is 8.03. The molecule has 0 spiro atoms. The van der Waals surface area contributed by atoms with Crippen molar-refractivity contribution >= 4 is 23.5 Å². The highest BCUT2D eigenvalue weighted by Crippen LogP contribution is 2.20. The molecule has 0 aromatic carbocycles. The Labute approximate surface area is 118 Å². The Morgan fingerprint density at radius 1 is 0.833 bits per heavy atom. The van der Waals surface area contributed by atoms with Gasteiger partial charge in [-0.25, -0.2) is 0 Å². The molecule has 0 saturated carbocycles. The monoisotopic (exact) mass is 280 g/mol. The third kappa shape index (κ3) is 5.27. The number of dihydropyridines is 2. The first-order valence-corrected chi connectivity index (χ1v) is 8.41. The predicted octanol–water partition coefficient (Wildman–Crippen LogP) is 3.93. The van der Waals surface area contributed by atoms with Gasteiger partial charge < -0.3 is 10.6 Å². The first-order chi connectivity index (χ1) is 8.95. The summed E-state index contributed by atoms with van der Waals surface area (Å²) < 4.78 is 0. The molecule has 2 rings (SSSR count). The molecule has 2 heterocycles. The second kappa shape index (κ2) is 8.38. The highest BCUT2D eigenvalue weighted by atomic mass is 32.2. The maximum atomic E-state index is 3.27. The van der Waals surface area contributed by atoms with Crippen LogP contribution in [0.15, 0.2) is 46.8 Å². The molecule has 0 amide bonds.